The molecule has 0 radical (unpaired) electrons. The molecule has 22 heavy (non-hydrogen) atoms. The van der Waals surface area contributed by atoms with E-state index in [1.807, 2.05) is 6.92 Å². The smallest absolute Gasteiger partial charge is 0.233 e. The Kier molecular flexibility index (Phi) is 4.61. The van der Waals surface area contributed by atoms with Gasteiger partial charge in [-0.2, -0.15) is 0 Å². The predicted octanol–water partition coefficient (Wildman–Crippen LogP) is 2.04. The van der Waals surface area contributed by atoms with Gasteiger partial charge in [-0.1, -0.05) is 31.5 Å². The van der Waals surface area contributed by atoms with Gasteiger partial charge in [0.25, 0.3) is 0 Å². The van der Waals surface area contributed by atoms with Crippen LogP contribution in [0.25, 0.3) is 0 Å². The number of thioether (sulfide) groups is 1. The van der Waals surface area contributed by atoms with Crippen LogP contribution in [0.2, 0.25) is 0 Å². The SMILES string of the molecule is C[C@@H](Sc1nnc(C2CC2)n1N)C(=O)N[C@H]1CCCC[C@@H]1C. The van der Waals surface area contributed by atoms with Crippen LogP contribution in [0.4, 0.5) is 0 Å². The molecule has 1 heterocycles. The van der Waals surface area contributed by atoms with E-state index in [4.69, 9.17) is 5.84 Å². The largest absolute Gasteiger partial charge is 0.352 e. The molecule has 1 aromatic heterocycles. The fourth-order valence-electron chi connectivity index (χ4n) is 3.03. The minimum atomic E-state index is -0.215. The topological polar surface area (TPSA) is 85.8 Å². The van der Waals surface area contributed by atoms with Gasteiger partial charge in [0.15, 0.2) is 5.82 Å². The first-order valence-corrected chi connectivity index (χ1v) is 9.11. The Morgan fingerprint density at radius 2 is 2.05 bits per heavy atom. The summed E-state index contributed by atoms with van der Waals surface area (Å²) in [5.74, 6) is 7.97. The van der Waals surface area contributed by atoms with E-state index in [9.17, 15) is 4.79 Å². The van der Waals surface area contributed by atoms with Gasteiger partial charge in [-0.05, 0) is 38.5 Å². The summed E-state index contributed by atoms with van der Waals surface area (Å²) in [7, 11) is 0. The molecule has 3 N–H and O–H groups in total. The van der Waals surface area contributed by atoms with Crippen molar-refractivity contribution in [1.29, 1.82) is 0 Å². The molecular formula is C15H25N5OS. The van der Waals surface area contributed by atoms with E-state index in [1.165, 1.54) is 31.0 Å². The van der Waals surface area contributed by atoms with Crippen LogP contribution in [-0.2, 0) is 4.79 Å². The Balaban J connectivity index is 1.56. The summed E-state index contributed by atoms with van der Waals surface area (Å²) in [4.78, 5) is 12.4. The van der Waals surface area contributed by atoms with Crippen LogP contribution in [-0.4, -0.2) is 32.1 Å². The average Bonchev–Trinajstić information content (AvgIpc) is 3.27. The zero-order valence-electron chi connectivity index (χ0n) is 13.3. The number of amides is 1. The monoisotopic (exact) mass is 323 g/mol. The van der Waals surface area contributed by atoms with Crippen molar-refractivity contribution in [3.05, 3.63) is 5.82 Å². The van der Waals surface area contributed by atoms with Crippen LogP contribution in [0.1, 0.15) is 64.1 Å². The van der Waals surface area contributed by atoms with Crippen LogP contribution < -0.4 is 11.2 Å². The second kappa shape index (κ2) is 6.48. The number of nitrogens with zero attached hydrogens (tertiary/aromatic N) is 3. The summed E-state index contributed by atoms with van der Waals surface area (Å²) in [5, 5.41) is 11.9. The van der Waals surface area contributed by atoms with Crippen molar-refractivity contribution >= 4 is 17.7 Å². The van der Waals surface area contributed by atoms with Gasteiger partial charge < -0.3 is 11.2 Å². The minimum Gasteiger partial charge on any atom is -0.352 e. The molecule has 2 saturated carbocycles. The third-order valence-corrected chi connectivity index (χ3v) is 5.78. The second-order valence-electron chi connectivity index (χ2n) is 6.62. The lowest BCUT2D eigenvalue weighted by Gasteiger charge is -2.30. The average molecular weight is 323 g/mol. The lowest BCUT2D eigenvalue weighted by molar-refractivity contribution is -0.121. The predicted molar refractivity (Wildman–Crippen MR) is 87.0 cm³/mol. The molecule has 0 unspecified atom stereocenters. The maximum Gasteiger partial charge on any atom is 0.233 e. The van der Waals surface area contributed by atoms with Gasteiger partial charge in [-0.25, -0.2) is 4.68 Å². The number of rotatable bonds is 5. The normalized spacial score (nSPS) is 26.6. The third kappa shape index (κ3) is 3.39. The number of carbonyl (C=O) groups excluding carboxylic acids is 1. The molecule has 122 valence electrons. The Morgan fingerprint density at radius 3 is 2.73 bits per heavy atom. The molecule has 3 atom stereocenters. The molecule has 2 fully saturated rings. The van der Waals surface area contributed by atoms with Gasteiger partial charge >= 0.3 is 0 Å². The summed E-state index contributed by atoms with van der Waals surface area (Å²) in [6.45, 7) is 4.12. The van der Waals surface area contributed by atoms with E-state index in [-0.39, 0.29) is 11.2 Å². The first-order valence-electron chi connectivity index (χ1n) is 8.23. The number of aromatic nitrogens is 3. The van der Waals surface area contributed by atoms with Gasteiger partial charge in [0.05, 0.1) is 5.25 Å². The fourth-order valence-corrected chi connectivity index (χ4v) is 3.82. The van der Waals surface area contributed by atoms with Crippen molar-refractivity contribution in [3.8, 4) is 0 Å². The van der Waals surface area contributed by atoms with E-state index in [1.54, 1.807) is 4.68 Å². The highest BCUT2D eigenvalue weighted by Crippen LogP contribution is 2.39. The van der Waals surface area contributed by atoms with Crippen molar-refractivity contribution in [2.75, 3.05) is 5.84 Å². The summed E-state index contributed by atoms with van der Waals surface area (Å²) in [6.07, 6.45) is 7.04. The first kappa shape index (κ1) is 15.6. The zero-order chi connectivity index (χ0) is 15.7. The number of carbonyl (C=O) groups is 1. The lowest BCUT2D eigenvalue weighted by Crippen LogP contribution is -2.44. The summed E-state index contributed by atoms with van der Waals surface area (Å²) in [6, 6.07) is 0.307. The van der Waals surface area contributed by atoms with Crippen LogP contribution in [0.3, 0.4) is 0 Å². The van der Waals surface area contributed by atoms with Gasteiger partial charge in [0.1, 0.15) is 0 Å². The molecule has 0 aromatic carbocycles. The molecule has 2 aliphatic rings. The highest BCUT2D eigenvalue weighted by molar-refractivity contribution is 8.00. The first-order chi connectivity index (χ1) is 10.6. The summed E-state index contributed by atoms with van der Waals surface area (Å²) in [5.41, 5.74) is 0. The number of nitrogens with two attached hydrogens (primary N) is 1. The Morgan fingerprint density at radius 1 is 1.32 bits per heavy atom. The Labute approximate surface area is 135 Å². The molecule has 3 rings (SSSR count). The highest BCUT2D eigenvalue weighted by atomic mass is 32.2. The van der Waals surface area contributed by atoms with E-state index < -0.39 is 0 Å². The zero-order valence-corrected chi connectivity index (χ0v) is 14.1. The third-order valence-electron chi connectivity index (χ3n) is 4.72. The Bertz CT molecular complexity index is 542. The van der Waals surface area contributed by atoms with Gasteiger partial charge in [0.2, 0.25) is 11.1 Å². The van der Waals surface area contributed by atoms with Crippen LogP contribution in [0, 0.1) is 5.92 Å². The maximum atomic E-state index is 12.4. The van der Waals surface area contributed by atoms with Crippen LogP contribution in [0.5, 0.6) is 0 Å². The van der Waals surface area contributed by atoms with Gasteiger partial charge in [0, 0.05) is 12.0 Å². The number of nitrogens with one attached hydrogen (secondary N) is 1. The molecule has 0 saturated heterocycles. The maximum absolute atomic E-state index is 12.4. The highest BCUT2D eigenvalue weighted by Gasteiger charge is 2.31. The van der Waals surface area contributed by atoms with Crippen LogP contribution in [0.15, 0.2) is 5.16 Å². The van der Waals surface area contributed by atoms with E-state index in [0.717, 1.165) is 25.1 Å². The van der Waals surface area contributed by atoms with Crippen molar-refractivity contribution in [2.24, 2.45) is 5.92 Å². The van der Waals surface area contributed by atoms with Crippen molar-refractivity contribution < 1.29 is 4.79 Å². The second-order valence-corrected chi connectivity index (χ2v) is 7.93. The van der Waals surface area contributed by atoms with Gasteiger partial charge in [-0.3, -0.25) is 4.79 Å². The molecule has 1 aromatic rings. The number of hydrogen-bond acceptors (Lipinski definition) is 5. The minimum absolute atomic E-state index is 0.0692. The van der Waals surface area contributed by atoms with Crippen molar-refractivity contribution in [1.82, 2.24) is 20.2 Å². The quantitative estimate of drug-likeness (QED) is 0.640. The summed E-state index contributed by atoms with van der Waals surface area (Å²) < 4.78 is 1.55. The fraction of sp³-hybridized carbons (Fsp3) is 0.800. The molecule has 2 aliphatic carbocycles. The molecule has 1 amide bonds. The van der Waals surface area contributed by atoms with E-state index in [2.05, 4.69) is 22.4 Å². The van der Waals surface area contributed by atoms with Crippen molar-refractivity contribution in [3.63, 3.8) is 0 Å². The number of hydrogen-bond donors (Lipinski definition) is 2. The van der Waals surface area contributed by atoms with E-state index in [0.29, 0.717) is 23.0 Å². The molecule has 0 bridgehead atoms. The standard InChI is InChI=1S/C15H25N5OS/c1-9-5-3-4-6-12(9)17-14(21)10(2)22-15-19-18-13(20(15)16)11-7-8-11/h9-12H,3-8,16H2,1-2H3,(H,17,21)/t9-,10+,12-/m0/s1. The molecule has 0 spiro atoms. The Hall–Kier alpha value is -1.24. The summed E-state index contributed by atoms with van der Waals surface area (Å²) >= 11 is 1.39. The molecular weight excluding hydrogens is 298 g/mol. The molecule has 7 heteroatoms. The number of nitrogen functional groups attached to an aromatic ring is 1. The van der Waals surface area contributed by atoms with Crippen LogP contribution >= 0.6 is 11.8 Å². The van der Waals surface area contributed by atoms with Gasteiger partial charge in [-0.15, -0.1) is 10.2 Å². The van der Waals surface area contributed by atoms with Crippen molar-refractivity contribution in [2.45, 2.75) is 74.7 Å². The molecule has 6 nitrogen and oxygen atoms in total. The van der Waals surface area contributed by atoms with E-state index >= 15 is 0 Å². The molecule has 0 aliphatic heterocycles. The lowest BCUT2D eigenvalue weighted by atomic mass is 9.86.